The average Bonchev–Trinajstić information content (AvgIpc) is 3.18. The number of rotatable bonds is 3. The molecule has 0 aromatic heterocycles. The van der Waals surface area contributed by atoms with Crippen LogP contribution in [-0.4, -0.2) is 24.1 Å². The van der Waals surface area contributed by atoms with Crippen molar-refractivity contribution < 1.29 is 14.3 Å². The number of hydrogen-bond acceptors (Lipinski definition) is 3. The zero-order valence-electron chi connectivity index (χ0n) is 13.6. The molecule has 2 heterocycles. The van der Waals surface area contributed by atoms with Gasteiger partial charge in [0.25, 0.3) is 0 Å². The number of carbonyl (C=O) groups is 1. The summed E-state index contributed by atoms with van der Waals surface area (Å²) >= 11 is 0. The number of fused-ring (bicyclic) bond motifs is 1. The van der Waals surface area contributed by atoms with Crippen LogP contribution in [0.15, 0.2) is 48.0 Å². The first-order valence-corrected chi connectivity index (χ1v) is 8.15. The van der Waals surface area contributed by atoms with E-state index in [0.29, 0.717) is 6.54 Å². The number of benzene rings is 2. The highest BCUT2D eigenvalue weighted by molar-refractivity contribution is 5.99. The van der Waals surface area contributed by atoms with E-state index in [9.17, 15) is 4.79 Å². The first-order chi connectivity index (χ1) is 11.7. The first-order valence-electron chi connectivity index (χ1n) is 8.15. The number of amides is 1. The van der Waals surface area contributed by atoms with Crippen molar-refractivity contribution in [2.24, 2.45) is 0 Å². The second kappa shape index (κ2) is 6.04. The van der Waals surface area contributed by atoms with Crippen LogP contribution in [0.4, 0.5) is 0 Å². The van der Waals surface area contributed by atoms with Crippen LogP contribution in [0.2, 0.25) is 0 Å². The van der Waals surface area contributed by atoms with E-state index in [-0.39, 0.29) is 12.7 Å². The molecule has 0 spiro atoms. The molecule has 4 rings (SSSR count). The van der Waals surface area contributed by atoms with Gasteiger partial charge in [-0.3, -0.25) is 4.79 Å². The summed E-state index contributed by atoms with van der Waals surface area (Å²) in [5.74, 6) is 1.62. The summed E-state index contributed by atoms with van der Waals surface area (Å²) < 4.78 is 10.7. The Hall–Kier alpha value is -2.75. The molecule has 122 valence electrons. The molecular weight excluding hydrogens is 302 g/mol. The summed E-state index contributed by atoms with van der Waals surface area (Å²) in [5.41, 5.74) is 4.25. The number of carbonyl (C=O) groups excluding carboxylic acids is 1. The number of aryl methyl sites for hydroxylation is 1. The number of ether oxygens (including phenoxy) is 2. The van der Waals surface area contributed by atoms with Crippen molar-refractivity contribution in [2.45, 2.75) is 19.9 Å². The Morgan fingerprint density at radius 1 is 1.12 bits per heavy atom. The van der Waals surface area contributed by atoms with E-state index < -0.39 is 0 Å². The van der Waals surface area contributed by atoms with Crippen LogP contribution < -0.4 is 9.47 Å². The fourth-order valence-electron chi connectivity index (χ4n) is 3.15. The minimum Gasteiger partial charge on any atom is -0.454 e. The Balaban J connectivity index is 1.52. The fraction of sp³-hybridized carbons (Fsp3) is 0.250. The van der Waals surface area contributed by atoms with Crippen LogP contribution in [0.5, 0.6) is 11.5 Å². The summed E-state index contributed by atoms with van der Waals surface area (Å²) in [6.07, 6.45) is 2.74. The third-order valence-corrected chi connectivity index (χ3v) is 4.57. The van der Waals surface area contributed by atoms with Crippen molar-refractivity contribution in [2.75, 3.05) is 13.3 Å². The molecule has 0 N–H and O–H groups in total. The van der Waals surface area contributed by atoms with Gasteiger partial charge in [-0.1, -0.05) is 30.3 Å². The predicted molar refractivity (Wildman–Crippen MR) is 91.8 cm³/mol. The Labute approximate surface area is 141 Å². The third kappa shape index (κ3) is 2.75. The van der Waals surface area contributed by atoms with Crippen molar-refractivity contribution in [1.82, 2.24) is 4.90 Å². The lowest BCUT2D eigenvalue weighted by molar-refractivity contribution is -0.125. The lowest BCUT2D eigenvalue weighted by Gasteiger charge is -2.16. The van der Waals surface area contributed by atoms with Gasteiger partial charge in [0.1, 0.15) is 0 Å². The minimum atomic E-state index is 0.121. The second-order valence-electron chi connectivity index (χ2n) is 6.19. The summed E-state index contributed by atoms with van der Waals surface area (Å²) in [6, 6.07) is 14.0. The molecule has 2 aromatic carbocycles. The number of likely N-dealkylation sites (tertiary alicyclic amines) is 1. The van der Waals surface area contributed by atoms with E-state index >= 15 is 0 Å². The SMILES string of the molecule is Cc1ccccc1CN1CC/C(=C\c2ccc3c(c2)OCO3)C1=O. The summed E-state index contributed by atoms with van der Waals surface area (Å²) in [5, 5.41) is 0. The molecule has 0 radical (unpaired) electrons. The molecule has 4 nitrogen and oxygen atoms in total. The molecule has 1 saturated heterocycles. The molecule has 0 aliphatic carbocycles. The van der Waals surface area contributed by atoms with Crippen LogP contribution in [0.3, 0.4) is 0 Å². The van der Waals surface area contributed by atoms with Gasteiger partial charge in [0.15, 0.2) is 11.5 Å². The first kappa shape index (κ1) is 14.8. The molecule has 0 unspecified atom stereocenters. The average molecular weight is 321 g/mol. The smallest absolute Gasteiger partial charge is 0.250 e. The summed E-state index contributed by atoms with van der Waals surface area (Å²) in [7, 11) is 0. The van der Waals surface area contributed by atoms with E-state index in [2.05, 4.69) is 19.1 Å². The van der Waals surface area contributed by atoms with Gasteiger partial charge in [-0.25, -0.2) is 0 Å². The van der Waals surface area contributed by atoms with Crippen LogP contribution in [0, 0.1) is 6.92 Å². The molecule has 0 saturated carbocycles. The van der Waals surface area contributed by atoms with Crippen molar-refractivity contribution in [3.8, 4) is 11.5 Å². The van der Waals surface area contributed by atoms with E-state index in [1.807, 2.05) is 41.3 Å². The van der Waals surface area contributed by atoms with E-state index in [1.54, 1.807) is 0 Å². The highest BCUT2D eigenvalue weighted by Crippen LogP contribution is 2.33. The molecule has 2 aromatic rings. The third-order valence-electron chi connectivity index (χ3n) is 4.57. The van der Waals surface area contributed by atoms with Gasteiger partial charge in [0.2, 0.25) is 12.7 Å². The molecule has 2 aliphatic rings. The van der Waals surface area contributed by atoms with Gasteiger partial charge in [-0.15, -0.1) is 0 Å². The highest BCUT2D eigenvalue weighted by atomic mass is 16.7. The monoisotopic (exact) mass is 321 g/mol. The molecule has 4 heteroatoms. The van der Waals surface area contributed by atoms with Crippen LogP contribution in [0.1, 0.15) is 23.1 Å². The number of nitrogens with zero attached hydrogens (tertiary/aromatic N) is 1. The maximum atomic E-state index is 12.7. The van der Waals surface area contributed by atoms with Gasteiger partial charge >= 0.3 is 0 Å². The van der Waals surface area contributed by atoms with Gasteiger partial charge in [-0.2, -0.15) is 0 Å². The Bertz CT molecular complexity index is 825. The van der Waals surface area contributed by atoms with Crippen LogP contribution in [0.25, 0.3) is 6.08 Å². The summed E-state index contributed by atoms with van der Waals surface area (Å²) in [6.45, 7) is 3.78. The van der Waals surface area contributed by atoms with Gasteiger partial charge in [-0.05, 0) is 48.2 Å². The van der Waals surface area contributed by atoms with Crippen molar-refractivity contribution in [1.29, 1.82) is 0 Å². The molecule has 24 heavy (non-hydrogen) atoms. The second-order valence-corrected chi connectivity index (χ2v) is 6.19. The number of hydrogen-bond donors (Lipinski definition) is 0. The van der Waals surface area contributed by atoms with E-state index in [4.69, 9.17) is 9.47 Å². The molecule has 0 atom stereocenters. The topological polar surface area (TPSA) is 38.8 Å². The van der Waals surface area contributed by atoms with Crippen molar-refractivity contribution in [3.63, 3.8) is 0 Å². The summed E-state index contributed by atoms with van der Waals surface area (Å²) in [4.78, 5) is 14.6. The zero-order valence-corrected chi connectivity index (χ0v) is 13.6. The molecule has 2 aliphatic heterocycles. The largest absolute Gasteiger partial charge is 0.454 e. The van der Waals surface area contributed by atoms with Crippen molar-refractivity contribution in [3.05, 3.63) is 64.7 Å². The van der Waals surface area contributed by atoms with Crippen LogP contribution >= 0.6 is 0 Å². The van der Waals surface area contributed by atoms with Gasteiger partial charge < -0.3 is 14.4 Å². The lowest BCUT2D eigenvalue weighted by Crippen LogP contribution is -2.24. The zero-order chi connectivity index (χ0) is 16.5. The van der Waals surface area contributed by atoms with Gasteiger partial charge in [0, 0.05) is 18.7 Å². The van der Waals surface area contributed by atoms with Gasteiger partial charge in [0.05, 0.1) is 0 Å². The lowest BCUT2D eigenvalue weighted by atomic mass is 10.1. The standard InChI is InChI=1S/C20H19NO3/c1-14-4-2-3-5-17(14)12-21-9-8-16(20(21)22)10-15-6-7-18-19(11-15)24-13-23-18/h2-7,10-11H,8-9,12-13H2,1H3/b16-10+. The Kier molecular flexibility index (Phi) is 3.73. The maximum absolute atomic E-state index is 12.7. The molecule has 0 bridgehead atoms. The van der Waals surface area contributed by atoms with Crippen LogP contribution in [-0.2, 0) is 11.3 Å². The van der Waals surface area contributed by atoms with Crippen molar-refractivity contribution >= 4 is 12.0 Å². The molecular formula is C20H19NO3. The predicted octanol–water partition coefficient (Wildman–Crippen LogP) is 3.54. The molecule has 1 fully saturated rings. The highest BCUT2D eigenvalue weighted by Gasteiger charge is 2.26. The quantitative estimate of drug-likeness (QED) is 0.812. The Morgan fingerprint density at radius 3 is 2.83 bits per heavy atom. The maximum Gasteiger partial charge on any atom is 0.250 e. The van der Waals surface area contributed by atoms with E-state index in [0.717, 1.165) is 35.6 Å². The van der Waals surface area contributed by atoms with E-state index in [1.165, 1.54) is 11.1 Å². The fourth-order valence-corrected chi connectivity index (χ4v) is 3.15. The Morgan fingerprint density at radius 2 is 1.96 bits per heavy atom. The minimum absolute atomic E-state index is 0.121. The molecule has 1 amide bonds. The normalized spacial score (nSPS) is 17.8.